The van der Waals surface area contributed by atoms with Crippen LogP contribution in [0.1, 0.15) is 6.92 Å². The minimum absolute atomic E-state index is 0.0305. The van der Waals surface area contributed by atoms with Crippen LogP contribution >= 0.6 is 23.2 Å². The molecule has 30 heavy (non-hydrogen) atoms. The molecule has 1 atom stereocenters. The normalized spacial score (nSPS) is 17.0. The van der Waals surface area contributed by atoms with E-state index in [0.29, 0.717) is 21.8 Å². The zero-order valence-electron chi connectivity index (χ0n) is 15.9. The molecule has 11 heteroatoms. The Kier molecular flexibility index (Phi) is 6.98. The van der Waals surface area contributed by atoms with Crippen molar-refractivity contribution in [3.8, 4) is 0 Å². The highest BCUT2D eigenvalue weighted by Crippen LogP contribution is 2.30. The predicted molar refractivity (Wildman–Crippen MR) is 111 cm³/mol. The molecule has 6 nitrogen and oxygen atoms in total. The molecule has 0 aromatic heterocycles. The number of rotatable bonds is 5. The van der Waals surface area contributed by atoms with E-state index in [4.69, 9.17) is 23.2 Å². The van der Waals surface area contributed by atoms with E-state index in [0.717, 1.165) is 16.4 Å². The van der Waals surface area contributed by atoms with Crippen molar-refractivity contribution in [3.05, 3.63) is 58.1 Å². The Bertz CT molecular complexity index is 1040. The number of hydrogen-bond donors (Lipinski definition) is 1. The van der Waals surface area contributed by atoms with Crippen LogP contribution in [0.4, 0.5) is 14.5 Å². The Morgan fingerprint density at radius 3 is 2.27 bits per heavy atom. The van der Waals surface area contributed by atoms with Crippen LogP contribution in [0.25, 0.3) is 0 Å². The molecule has 1 amide bonds. The van der Waals surface area contributed by atoms with Gasteiger partial charge in [0.2, 0.25) is 15.9 Å². The minimum atomic E-state index is -4.19. The molecule has 1 unspecified atom stereocenters. The Labute approximate surface area is 183 Å². The number of nitrogens with zero attached hydrogens (tertiary/aromatic N) is 2. The monoisotopic (exact) mass is 477 g/mol. The van der Waals surface area contributed by atoms with E-state index >= 15 is 0 Å². The van der Waals surface area contributed by atoms with Crippen LogP contribution < -0.4 is 5.32 Å². The molecule has 2 aromatic carbocycles. The quantitative estimate of drug-likeness (QED) is 0.713. The number of benzene rings is 2. The number of para-hydroxylation sites is 1. The summed E-state index contributed by atoms with van der Waals surface area (Å²) in [6, 6.07) is 6.58. The highest BCUT2D eigenvalue weighted by atomic mass is 35.5. The van der Waals surface area contributed by atoms with Crippen LogP contribution in [-0.2, 0) is 14.8 Å². The molecular formula is C19H19Cl2F2N3O3S. The summed E-state index contributed by atoms with van der Waals surface area (Å²) in [6.07, 6.45) is 0. The van der Waals surface area contributed by atoms with Crippen molar-refractivity contribution in [2.75, 3.05) is 31.5 Å². The van der Waals surface area contributed by atoms with Gasteiger partial charge in [-0.05, 0) is 37.3 Å². The molecule has 1 saturated heterocycles. The van der Waals surface area contributed by atoms with E-state index in [1.54, 1.807) is 30.0 Å². The minimum Gasteiger partial charge on any atom is -0.322 e. The molecule has 3 rings (SSSR count). The number of hydrogen-bond acceptors (Lipinski definition) is 4. The molecule has 1 N–H and O–H groups in total. The maximum Gasteiger partial charge on any atom is 0.246 e. The van der Waals surface area contributed by atoms with Gasteiger partial charge in [-0.2, -0.15) is 4.31 Å². The van der Waals surface area contributed by atoms with Crippen LogP contribution in [0.2, 0.25) is 10.0 Å². The number of piperazine rings is 1. The molecule has 0 saturated carbocycles. The first kappa shape index (κ1) is 22.9. The summed E-state index contributed by atoms with van der Waals surface area (Å²) in [5, 5.41) is 3.29. The Morgan fingerprint density at radius 1 is 1.07 bits per heavy atom. The van der Waals surface area contributed by atoms with Gasteiger partial charge in [0, 0.05) is 26.2 Å². The third-order valence-electron chi connectivity index (χ3n) is 4.92. The van der Waals surface area contributed by atoms with Crippen LogP contribution in [0.3, 0.4) is 0 Å². The zero-order chi connectivity index (χ0) is 22.1. The molecule has 0 bridgehead atoms. The lowest BCUT2D eigenvalue weighted by molar-refractivity contribution is -0.121. The van der Waals surface area contributed by atoms with Crippen LogP contribution in [0.15, 0.2) is 41.3 Å². The molecule has 1 heterocycles. The first-order valence-corrected chi connectivity index (χ1v) is 11.2. The van der Waals surface area contributed by atoms with E-state index in [2.05, 4.69) is 5.32 Å². The SMILES string of the molecule is CC(C(=O)Nc1c(Cl)cccc1Cl)N1CCN(S(=O)(=O)c2cc(F)ccc2F)CC1. The van der Waals surface area contributed by atoms with E-state index < -0.39 is 32.6 Å². The summed E-state index contributed by atoms with van der Waals surface area (Å²) in [6.45, 7) is 2.21. The Morgan fingerprint density at radius 2 is 1.67 bits per heavy atom. The first-order valence-electron chi connectivity index (χ1n) is 9.05. The number of halogens is 4. The van der Waals surface area contributed by atoms with Crippen LogP contribution in [0.5, 0.6) is 0 Å². The third kappa shape index (κ3) is 4.76. The lowest BCUT2D eigenvalue weighted by Crippen LogP contribution is -2.54. The molecule has 0 radical (unpaired) electrons. The number of anilines is 1. The predicted octanol–water partition coefficient (Wildman–Crippen LogP) is 3.61. The van der Waals surface area contributed by atoms with E-state index in [9.17, 15) is 22.0 Å². The summed E-state index contributed by atoms with van der Waals surface area (Å²) >= 11 is 12.1. The average Bonchev–Trinajstić information content (AvgIpc) is 2.72. The third-order valence-corrected chi connectivity index (χ3v) is 7.47. The second-order valence-electron chi connectivity index (χ2n) is 6.78. The van der Waals surface area contributed by atoms with Crippen molar-refractivity contribution in [2.24, 2.45) is 0 Å². The van der Waals surface area contributed by atoms with Gasteiger partial charge in [-0.1, -0.05) is 29.3 Å². The van der Waals surface area contributed by atoms with E-state index in [-0.39, 0.29) is 32.1 Å². The number of carbonyl (C=O) groups excluding carboxylic acids is 1. The zero-order valence-corrected chi connectivity index (χ0v) is 18.2. The fourth-order valence-electron chi connectivity index (χ4n) is 3.16. The fraction of sp³-hybridized carbons (Fsp3) is 0.316. The summed E-state index contributed by atoms with van der Waals surface area (Å²) in [4.78, 5) is 13.7. The van der Waals surface area contributed by atoms with Gasteiger partial charge in [0.15, 0.2) is 0 Å². The summed E-state index contributed by atoms with van der Waals surface area (Å²) in [7, 11) is -4.19. The van der Waals surface area contributed by atoms with Gasteiger partial charge in [0.25, 0.3) is 0 Å². The first-order chi connectivity index (χ1) is 14.1. The van der Waals surface area contributed by atoms with Gasteiger partial charge < -0.3 is 5.32 Å². The number of sulfonamides is 1. The van der Waals surface area contributed by atoms with Gasteiger partial charge in [-0.3, -0.25) is 9.69 Å². The number of nitrogens with one attached hydrogen (secondary N) is 1. The van der Waals surface area contributed by atoms with Crippen molar-refractivity contribution in [1.29, 1.82) is 0 Å². The average molecular weight is 478 g/mol. The summed E-state index contributed by atoms with van der Waals surface area (Å²) in [5.41, 5.74) is 0.306. The highest BCUT2D eigenvalue weighted by Gasteiger charge is 2.33. The van der Waals surface area contributed by atoms with E-state index in [1.807, 2.05) is 0 Å². The maximum absolute atomic E-state index is 13.9. The smallest absolute Gasteiger partial charge is 0.246 e. The number of carbonyl (C=O) groups is 1. The maximum atomic E-state index is 13.9. The van der Waals surface area contributed by atoms with Crippen molar-refractivity contribution in [1.82, 2.24) is 9.21 Å². The fourth-order valence-corrected chi connectivity index (χ4v) is 5.15. The molecular weight excluding hydrogens is 459 g/mol. The van der Waals surface area contributed by atoms with Gasteiger partial charge in [-0.25, -0.2) is 17.2 Å². The van der Waals surface area contributed by atoms with E-state index in [1.165, 1.54) is 0 Å². The molecule has 0 spiro atoms. The number of amides is 1. The molecule has 1 fully saturated rings. The molecule has 0 aliphatic carbocycles. The Hall–Kier alpha value is -1.78. The summed E-state index contributed by atoms with van der Waals surface area (Å²) in [5.74, 6) is -2.20. The second kappa shape index (κ2) is 9.15. The molecule has 2 aromatic rings. The van der Waals surface area contributed by atoms with Gasteiger partial charge in [0.05, 0.1) is 21.8 Å². The van der Waals surface area contributed by atoms with Crippen molar-refractivity contribution < 1.29 is 22.0 Å². The highest BCUT2D eigenvalue weighted by molar-refractivity contribution is 7.89. The second-order valence-corrected chi connectivity index (χ2v) is 9.50. The molecule has 1 aliphatic heterocycles. The molecule has 1 aliphatic rings. The molecule has 162 valence electrons. The lowest BCUT2D eigenvalue weighted by Gasteiger charge is -2.36. The van der Waals surface area contributed by atoms with Crippen molar-refractivity contribution >= 4 is 44.8 Å². The van der Waals surface area contributed by atoms with Gasteiger partial charge >= 0.3 is 0 Å². The summed E-state index contributed by atoms with van der Waals surface area (Å²) < 4.78 is 53.8. The van der Waals surface area contributed by atoms with Crippen molar-refractivity contribution in [3.63, 3.8) is 0 Å². The largest absolute Gasteiger partial charge is 0.322 e. The van der Waals surface area contributed by atoms with Crippen molar-refractivity contribution in [2.45, 2.75) is 17.9 Å². The topological polar surface area (TPSA) is 69.7 Å². The van der Waals surface area contributed by atoms with Gasteiger partial charge in [0.1, 0.15) is 16.5 Å². The van der Waals surface area contributed by atoms with Crippen LogP contribution in [0, 0.1) is 11.6 Å². The standard InChI is InChI=1S/C19H19Cl2F2N3O3S/c1-12(19(27)24-18-14(20)3-2-4-15(18)21)25-7-9-26(10-8-25)30(28,29)17-11-13(22)5-6-16(17)23/h2-6,11-12H,7-10H2,1H3,(H,24,27). The van der Waals surface area contributed by atoms with Crippen LogP contribution in [-0.4, -0.2) is 55.8 Å². The lowest BCUT2D eigenvalue weighted by atomic mass is 10.2. The van der Waals surface area contributed by atoms with Gasteiger partial charge in [-0.15, -0.1) is 0 Å². The Balaban J connectivity index is 1.66.